The molecule has 194 valence electrons. The van der Waals surface area contributed by atoms with Crippen LogP contribution in [-0.2, 0) is 16.1 Å². The number of hydrogen-bond acceptors (Lipinski definition) is 6. The third kappa shape index (κ3) is 4.99. The summed E-state index contributed by atoms with van der Waals surface area (Å²) in [5, 5.41) is 16.3. The Bertz CT molecular complexity index is 1320. The average molecular weight is 530 g/mol. The summed E-state index contributed by atoms with van der Waals surface area (Å²) in [7, 11) is 1.72. The van der Waals surface area contributed by atoms with Crippen molar-refractivity contribution < 1.29 is 33.4 Å². The Kier molecular flexibility index (Phi) is 6.55. The number of nitrogens with zero attached hydrogens (tertiary/aromatic N) is 1. The molecule has 3 aliphatic carbocycles. The van der Waals surface area contributed by atoms with E-state index in [-0.39, 0.29) is 42.2 Å². The molecule has 37 heavy (non-hydrogen) atoms. The topological polar surface area (TPSA) is 117 Å². The summed E-state index contributed by atoms with van der Waals surface area (Å²) in [6.45, 7) is -0.0498. The van der Waals surface area contributed by atoms with E-state index >= 15 is 0 Å². The van der Waals surface area contributed by atoms with Crippen LogP contribution in [0.2, 0.25) is 5.02 Å². The third-order valence-corrected chi connectivity index (χ3v) is 7.20. The van der Waals surface area contributed by atoms with Crippen LogP contribution in [0.4, 0.5) is 4.39 Å². The van der Waals surface area contributed by atoms with Crippen molar-refractivity contribution in [3.05, 3.63) is 69.6 Å². The molecule has 1 atom stereocenters. The van der Waals surface area contributed by atoms with E-state index in [0.717, 1.165) is 17.2 Å². The van der Waals surface area contributed by atoms with Crippen molar-refractivity contribution in [1.29, 1.82) is 0 Å². The van der Waals surface area contributed by atoms with Crippen LogP contribution in [-0.4, -0.2) is 59.6 Å². The number of amides is 3. The minimum atomic E-state index is -0.905. The number of hydrogen-bond donors (Lipinski definition) is 3. The lowest BCUT2D eigenvalue weighted by Crippen LogP contribution is -2.65. The molecule has 1 heterocycles. The Morgan fingerprint density at radius 1 is 1.14 bits per heavy atom. The Morgan fingerprint density at radius 2 is 1.81 bits per heavy atom. The summed E-state index contributed by atoms with van der Waals surface area (Å²) < 4.78 is 24.4. The van der Waals surface area contributed by atoms with E-state index in [0.29, 0.717) is 36.4 Å². The maximum absolute atomic E-state index is 13.5. The van der Waals surface area contributed by atoms with Crippen molar-refractivity contribution in [2.45, 2.75) is 37.5 Å². The first kappa shape index (κ1) is 25.0. The zero-order chi connectivity index (χ0) is 26.3. The summed E-state index contributed by atoms with van der Waals surface area (Å²) >= 11 is 5.64. The second-order valence-electron chi connectivity index (χ2n) is 9.54. The molecule has 2 aromatic rings. The number of halogens is 2. The number of aliphatic hydroxyl groups is 1. The summed E-state index contributed by atoms with van der Waals surface area (Å²) in [5.74, 6) is -0.977. The lowest BCUT2D eigenvalue weighted by molar-refractivity contribution is -0.129. The van der Waals surface area contributed by atoms with Crippen LogP contribution in [0.1, 0.15) is 35.2 Å². The van der Waals surface area contributed by atoms with Crippen LogP contribution >= 0.6 is 11.6 Å². The molecule has 0 radical (unpaired) electrons. The molecule has 1 saturated carbocycles. The van der Waals surface area contributed by atoms with E-state index in [1.807, 2.05) is 6.07 Å². The molecular formula is C26H25ClFN3O6. The van der Waals surface area contributed by atoms with Crippen molar-refractivity contribution in [2.24, 2.45) is 0 Å². The maximum Gasteiger partial charge on any atom is 0.262 e. The number of benzene rings is 2. The molecule has 2 bridgehead atoms. The molecule has 0 unspecified atom stereocenters. The van der Waals surface area contributed by atoms with Gasteiger partial charge in [0, 0.05) is 37.3 Å². The molecule has 3 amide bonds. The van der Waals surface area contributed by atoms with Gasteiger partial charge in [0.1, 0.15) is 17.3 Å². The third-order valence-electron chi connectivity index (χ3n) is 6.90. The van der Waals surface area contributed by atoms with Gasteiger partial charge in [-0.15, -0.1) is 0 Å². The van der Waals surface area contributed by atoms with Crippen LogP contribution in [0.3, 0.4) is 0 Å². The van der Waals surface area contributed by atoms with E-state index in [1.165, 1.54) is 12.1 Å². The van der Waals surface area contributed by atoms with Gasteiger partial charge in [-0.3, -0.25) is 14.4 Å². The van der Waals surface area contributed by atoms with Crippen molar-refractivity contribution in [3.8, 4) is 11.5 Å². The molecule has 4 aliphatic rings. The number of rotatable bonds is 8. The van der Waals surface area contributed by atoms with Crippen LogP contribution in [0.15, 0.2) is 47.7 Å². The lowest BCUT2D eigenvalue weighted by atomic mass is 9.62. The van der Waals surface area contributed by atoms with E-state index < -0.39 is 23.4 Å². The fourth-order valence-electron chi connectivity index (χ4n) is 4.90. The first-order valence-corrected chi connectivity index (χ1v) is 12.1. The van der Waals surface area contributed by atoms with Gasteiger partial charge in [-0.2, -0.15) is 0 Å². The molecule has 11 heteroatoms. The fourth-order valence-corrected chi connectivity index (χ4v) is 5.02. The highest BCUT2D eigenvalue weighted by Crippen LogP contribution is 2.47. The summed E-state index contributed by atoms with van der Waals surface area (Å²) in [4.78, 5) is 38.6. The number of carbonyl (C=O) groups excluding carboxylic acids is 3. The number of carbonyl (C=O) groups is 3. The smallest absolute Gasteiger partial charge is 0.262 e. The molecule has 0 spiro atoms. The molecule has 3 N–H and O–H groups in total. The Hall–Kier alpha value is -3.63. The predicted octanol–water partition coefficient (Wildman–Crippen LogP) is 2.31. The monoisotopic (exact) mass is 529 g/mol. The van der Waals surface area contributed by atoms with Crippen LogP contribution in [0.5, 0.6) is 11.5 Å². The Morgan fingerprint density at radius 3 is 2.51 bits per heavy atom. The Balaban J connectivity index is 1.11. The normalized spacial score (nSPS) is 21.8. The molecule has 9 nitrogen and oxygen atoms in total. The highest BCUT2D eigenvalue weighted by atomic mass is 35.5. The van der Waals surface area contributed by atoms with Gasteiger partial charge in [-0.05, 0) is 48.2 Å². The fraction of sp³-hybridized carbons (Fsp3) is 0.346. The van der Waals surface area contributed by atoms with E-state index in [4.69, 9.17) is 21.1 Å². The van der Waals surface area contributed by atoms with Gasteiger partial charge in [0.2, 0.25) is 0 Å². The van der Waals surface area contributed by atoms with Gasteiger partial charge < -0.3 is 30.1 Å². The Labute approximate surface area is 217 Å². The maximum atomic E-state index is 13.5. The van der Waals surface area contributed by atoms with Gasteiger partial charge in [-0.1, -0.05) is 17.7 Å². The van der Waals surface area contributed by atoms with E-state index in [2.05, 4.69) is 10.6 Å². The second kappa shape index (κ2) is 9.68. The number of aliphatic hydroxyl groups excluding tert-OH is 1. The lowest BCUT2D eigenvalue weighted by Gasteiger charge is -2.52. The van der Waals surface area contributed by atoms with Gasteiger partial charge in [0.25, 0.3) is 17.7 Å². The van der Waals surface area contributed by atoms with Crippen molar-refractivity contribution in [1.82, 2.24) is 15.5 Å². The van der Waals surface area contributed by atoms with Gasteiger partial charge in [0.15, 0.2) is 13.2 Å². The first-order valence-electron chi connectivity index (χ1n) is 11.7. The summed E-state index contributed by atoms with van der Waals surface area (Å²) in [6, 6.07) is 9.06. The minimum Gasteiger partial charge on any atom is -0.484 e. The molecule has 0 saturated heterocycles. The highest BCUT2D eigenvalue weighted by Gasteiger charge is 2.52. The summed E-state index contributed by atoms with van der Waals surface area (Å²) in [6.07, 6.45) is 0.0566. The predicted molar refractivity (Wildman–Crippen MR) is 131 cm³/mol. The first-order chi connectivity index (χ1) is 17.6. The van der Waals surface area contributed by atoms with Crippen molar-refractivity contribution >= 4 is 29.3 Å². The number of nitrogens with one attached hydrogen (secondary N) is 2. The SMILES string of the molecule is CN1Cc2ccc(OCC(=O)NC3=C4CC(NC(=O)COc5ccc(Cl)c(F)c5)(C4)[C@@H](O)C3)cc2C1=O. The van der Waals surface area contributed by atoms with Crippen LogP contribution in [0, 0.1) is 5.82 Å². The van der Waals surface area contributed by atoms with Crippen molar-refractivity contribution in [3.63, 3.8) is 0 Å². The van der Waals surface area contributed by atoms with E-state index in [9.17, 15) is 23.9 Å². The molecule has 1 fully saturated rings. The zero-order valence-electron chi connectivity index (χ0n) is 20.0. The zero-order valence-corrected chi connectivity index (χ0v) is 20.7. The van der Waals surface area contributed by atoms with Gasteiger partial charge in [0.05, 0.1) is 16.7 Å². The van der Waals surface area contributed by atoms with Gasteiger partial charge >= 0.3 is 0 Å². The van der Waals surface area contributed by atoms with Crippen LogP contribution in [0.25, 0.3) is 0 Å². The molecule has 6 rings (SSSR count). The number of fused-ring (bicyclic) bond motifs is 3. The standard InChI is InChI=1S/C26H25ClFN3O6/c1-31-11-14-2-3-16(6-18(14)25(31)35)36-12-23(33)29-21-8-22(32)26(9-15(21)10-26)30-24(34)13-37-17-4-5-19(27)20(28)7-17/h2-7,22,32H,8-13H2,1H3,(H,29,33)(H,30,34)/t22-/m0/s1. The number of ether oxygens (including phenoxy) is 2. The van der Waals surface area contributed by atoms with Crippen LogP contribution < -0.4 is 20.1 Å². The quantitative estimate of drug-likeness (QED) is 0.483. The van der Waals surface area contributed by atoms with Crippen molar-refractivity contribution in [2.75, 3.05) is 20.3 Å². The molecular weight excluding hydrogens is 505 g/mol. The minimum absolute atomic E-state index is 0.0444. The average Bonchev–Trinajstić information content (AvgIpc) is 3.12. The molecule has 1 aliphatic heterocycles. The second-order valence-corrected chi connectivity index (χ2v) is 9.95. The summed E-state index contributed by atoms with van der Waals surface area (Å²) in [5.41, 5.74) is 2.22. The van der Waals surface area contributed by atoms with E-state index in [1.54, 1.807) is 24.1 Å². The largest absolute Gasteiger partial charge is 0.484 e. The van der Waals surface area contributed by atoms with Gasteiger partial charge in [-0.25, -0.2) is 4.39 Å². The molecule has 2 aromatic carbocycles. The molecule has 0 aromatic heterocycles. The highest BCUT2D eigenvalue weighted by molar-refractivity contribution is 6.30.